The monoisotopic (exact) mass is 364 g/mol. The first-order valence-electron chi connectivity index (χ1n) is 9.47. The normalized spacial score (nSPS) is 48.8. The number of allylic oxidation sites excluding steroid dienone is 4. The highest BCUT2D eigenvalue weighted by molar-refractivity contribution is 6.44. The molecule has 1 unspecified atom stereocenters. The summed E-state index contributed by atoms with van der Waals surface area (Å²) in [6.07, 6.45) is 6.58. The lowest BCUT2D eigenvalue weighted by Crippen LogP contribution is -2.52. The van der Waals surface area contributed by atoms with E-state index in [9.17, 15) is 9.59 Å². The summed E-state index contributed by atoms with van der Waals surface area (Å²) in [5, 5.41) is 0.223. The quantitative estimate of drug-likeness (QED) is 0.655. The fourth-order valence-corrected chi connectivity index (χ4v) is 7.21. The number of carbonyl (C=O) groups is 2. The Morgan fingerprint density at radius 2 is 1.96 bits per heavy atom. The summed E-state index contributed by atoms with van der Waals surface area (Å²) in [7, 11) is 0. The van der Waals surface area contributed by atoms with Crippen molar-refractivity contribution >= 4 is 23.2 Å². The van der Waals surface area contributed by atoms with E-state index in [1.165, 1.54) is 6.08 Å². The zero-order valence-electron chi connectivity index (χ0n) is 15.1. The van der Waals surface area contributed by atoms with Crippen molar-refractivity contribution in [1.82, 2.24) is 0 Å². The first-order chi connectivity index (χ1) is 11.7. The Hall–Kier alpha value is -0.960. The number of halogens is 2. The van der Waals surface area contributed by atoms with Gasteiger partial charge in [-0.1, -0.05) is 31.5 Å². The van der Waals surface area contributed by atoms with Gasteiger partial charge in [0.05, 0.1) is 5.03 Å². The van der Waals surface area contributed by atoms with Crippen LogP contribution >= 0.6 is 11.6 Å². The smallest absolute Gasteiger partial charge is 0.196 e. The number of alkyl halides is 1. The van der Waals surface area contributed by atoms with Crippen LogP contribution in [-0.2, 0) is 9.59 Å². The van der Waals surface area contributed by atoms with Crippen LogP contribution in [0.5, 0.6) is 0 Å². The second-order valence-electron chi connectivity index (χ2n) is 9.10. The maximum Gasteiger partial charge on any atom is 0.196 e. The number of carbonyl (C=O) groups excluding carboxylic acids is 2. The van der Waals surface area contributed by atoms with Crippen molar-refractivity contribution in [2.75, 3.05) is 0 Å². The van der Waals surface area contributed by atoms with E-state index in [0.717, 1.165) is 25.7 Å². The molecular weight excluding hydrogens is 339 g/mol. The molecule has 0 amide bonds. The average molecular weight is 365 g/mol. The second-order valence-corrected chi connectivity index (χ2v) is 9.51. The Morgan fingerprint density at radius 3 is 2.64 bits per heavy atom. The van der Waals surface area contributed by atoms with Gasteiger partial charge in [-0.2, -0.15) is 0 Å². The van der Waals surface area contributed by atoms with E-state index < -0.39 is 11.6 Å². The molecule has 4 rings (SSSR count). The Bertz CT molecular complexity index is 711. The van der Waals surface area contributed by atoms with Gasteiger partial charge in [0.25, 0.3) is 0 Å². The van der Waals surface area contributed by atoms with Gasteiger partial charge in [-0.05, 0) is 73.8 Å². The maximum absolute atomic E-state index is 15.1. The van der Waals surface area contributed by atoms with E-state index in [1.54, 1.807) is 6.92 Å². The van der Waals surface area contributed by atoms with Crippen molar-refractivity contribution < 1.29 is 14.0 Å². The van der Waals surface area contributed by atoms with Crippen molar-refractivity contribution in [2.45, 2.75) is 59.0 Å². The minimum atomic E-state index is -1.09. The Balaban J connectivity index is 1.74. The van der Waals surface area contributed by atoms with Gasteiger partial charge >= 0.3 is 0 Å². The molecule has 3 fully saturated rings. The summed E-state index contributed by atoms with van der Waals surface area (Å²) in [5.41, 5.74) is 0.151. The number of hydrogen-bond donors (Lipinski definition) is 0. The summed E-state index contributed by atoms with van der Waals surface area (Å²) in [6, 6.07) is 0. The van der Waals surface area contributed by atoms with Crippen LogP contribution in [0.3, 0.4) is 0 Å². The molecule has 4 aliphatic carbocycles. The molecule has 7 atom stereocenters. The molecule has 3 saturated carbocycles. The number of fused-ring (bicyclic) bond motifs is 5. The molecule has 0 aromatic carbocycles. The Morgan fingerprint density at radius 1 is 1.24 bits per heavy atom. The molecule has 0 spiro atoms. The maximum atomic E-state index is 15.1. The van der Waals surface area contributed by atoms with E-state index in [4.69, 9.17) is 11.6 Å². The number of Topliss-reactive ketones (excluding diaryl/α,β-unsaturated/α-hetero) is 1. The first-order valence-corrected chi connectivity index (χ1v) is 9.85. The van der Waals surface area contributed by atoms with Crippen molar-refractivity contribution in [1.29, 1.82) is 0 Å². The van der Waals surface area contributed by atoms with Crippen LogP contribution < -0.4 is 0 Å². The third-order valence-electron chi connectivity index (χ3n) is 8.09. The van der Waals surface area contributed by atoms with Crippen LogP contribution in [0, 0.1) is 34.5 Å². The summed E-state index contributed by atoms with van der Waals surface area (Å²) >= 11 is 6.16. The summed E-state index contributed by atoms with van der Waals surface area (Å²) in [4.78, 5) is 24.1. The topological polar surface area (TPSA) is 34.1 Å². The molecule has 0 aromatic heterocycles. The van der Waals surface area contributed by atoms with Crippen molar-refractivity contribution in [2.24, 2.45) is 34.5 Å². The van der Waals surface area contributed by atoms with Gasteiger partial charge < -0.3 is 0 Å². The summed E-state index contributed by atoms with van der Waals surface area (Å²) in [5.74, 6) is 1.09. The van der Waals surface area contributed by atoms with E-state index in [1.807, 2.05) is 6.08 Å². The zero-order chi connectivity index (χ0) is 18.1. The van der Waals surface area contributed by atoms with Crippen LogP contribution in [-0.4, -0.2) is 17.7 Å². The lowest BCUT2D eigenvalue weighted by Gasteiger charge is -2.57. The lowest BCUT2D eigenvalue weighted by molar-refractivity contribution is -0.127. The van der Waals surface area contributed by atoms with E-state index in [2.05, 4.69) is 13.8 Å². The van der Waals surface area contributed by atoms with E-state index in [-0.39, 0.29) is 33.8 Å². The number of hydrogen-bond acceptors (Lipinski definition) is 2. The SMILES string of the molecule is CC(=O)[C@H]1CC[C@H]2[C@@H]3CC(F)C4=CC(=O)C(Cl)=C[C@]4(C)[C@H]3CC[C@]12C. The lowest BCUT2D eigenvalue weighted by atomic mass is 9.47. The van der Waals surface area contributed by atoms with Gasteiger partial charge in [0, 0.05) is 11.3 Å². The van der Waals surface area contributed by atoms with Gasteiger partial charge in [0.2, 0.25) is 0 Å². The molecule has 25 heavy (non-hydrogen) atoms. The fourth-order valence-electron chi connectivity index (χ4n) is 6.93. The Labute approximate surface area is 153 Å². The van der Waals surface area contributed by atoms with Crippen LogP contribution in [0.4, 0.5) is 4.39 Å². The minimum Gasteiger partial charge on any atom is -0.300 e. The average Bonchev–Trinajstić information content (AvgIpc) is 2.88. The van der Waals surface area contributed by atoms with Crippen molar-refractivity contribution in [3.05, 3.63) is 22.8 Å². The molecular formula is C21H26ClFO2. The van der Waals surface area contributed by atoms with Crippen LogP contribution in [0.25, 0.3) is 0 Å². The standard InChI is InChI=1S/C21H26ClFO2/c1-11(24)13-4-5-14-12-8-18(23)16-9-19(25)17(22)10-21(16,3)15(12)6-7-20(13,14)2/h9-10,12-15,18H,4-8H2,1-3H3/t12-,13+,14-,15-,18?,20+,21+/m0/s1. The molecule has 2 nitrogen and oxygen atoms in total. The molecule has 0 heterocycles. The number of rotatable bonds is 1. The molecule has 0 aromatic rings. The fraction of sp³-hybridized carbons (Fsp3) is 0.714. The van der Waals surface area contributed by atoms with Crippen LogP contribution in [0.1, 0.15) is 52.9 Å². The zero-order valence-corrected chi connectivity index (χ0v) is 15.9. The highest BCUT2D eigenvalue weighted by Gasteiger charge is 2.61. The molecule has 0 saturated heterocycles. The Kier molecular flexibility index (Phi) is 3.85. The van der Waals surface area contributed by atoms with Gasteiger partial charge in [0.15, 0.2) is 5.78 Å². The summed E-state index contributed by atoms with van der Waals surface area (Å²) in [6.45, 7) is 6.01. The van der Waals surface area contributed by atoms with Gasteiger partial charge in [-0.25, -0.2) is 4.39 Å². The van der Waals surface area contributed by atoms with E-state index in [0.29, 0.717) is 23.8 Å². The van der Waals surface area contributed by atoms with Gasteiger partial charge in [0.1, 0.15) is 12.0 Å². The van der Waals surface area contributed by atoms with Crippen molar-refractivity contribution in [3.63, 3.8) is 0 Å². The largest absolute Gasteiger partial charge is 0.300 e. The van der Waals surface area contributed by atoms with Crippen LogP contribution in [0.2, 0.25) is 0 Å². The minimum absolute atomic E-state index is 0.00227. The highest BCUT2D eigenvalue weighted by atomic mass is 35.5. The number of ketones is 2. The summed E-state index contributed by atoms with van der Waals surface area (Å²) < 4.78 is 15.1. The molecule has 0 N–H and O–H groups in total. The second kappa shape index (κ2) is 5.52. The molecule has 136 valence electrons. The highest BCUT2D eigenvalue weighted by Crippen LogP contribution is 2.66. The molecule has 0 radical (unpaired) electrons. The molecule has 4 heteroatoms. The predicted molar refractivity (Wildman–Crippen MR) is 95.9 cm³/mol. The van der Waals surface area contributed by atoms with E-state index >= 15 is 4.39 Å². The molecule has 4 aliphatic rings. The third kappa shape index (κ3) is 2.27. The predicted octanol–water partition coefficient (Wildman–Crippen LogP) is 5.01. The molecule has 0 aliphatic heterocycles. The van der Waals surface area contributed by atoms with Gasteiger partial charge in [-0.15, -0.1) is 0 Å². The third-order valence-corrected chi connectivity index (χ3v) is 8.38. The van der Waals surface area contributed by atoms with Gasteiger partial charge in [-0.3, -0.25) is 9.59 Å². The first kappa shape index (κ1) is 17.5. The van der Waals surface area contributed by atoms with Crippen molar-refractivity contribution in [3.8, 4) is 0 Å². The van der Waals surface area contributed by atoms with Crippen LogP contribution in [0.15, 0.2) is 22.8 Å². The molecule has 0 bridgehead atoms.